The van der Waals surface area contributed by atoms with Crippen LogP contribution < -0.4 is 9.62 Å². The van der Waals surface area contributed by atoms with Gasteiger partial charge in [-0.25, -0.2) is 18.4 Å². The summed E-state index contributed by atoms with van der Waals surface area (Å²) in [5.41, 5.74) is 6.49. The Bertz CT molecular complexity index is 1600. The first kappa shape index (κ1) is 25.0. The summed E-state index contributed by atoms with van der Waals surface area (Å²) in [7, 11) is -3.88. The van der Waals surface area contributed by atoms with E-state index in [0.29, 0.717) is 22.1 Å². The first-order valence-electron chi connectivity index (χ1n) is 11.8. The Kier molecular flexibility index (Phi) is 6.74. The number of hydrogen-bond donors (Lipinski definition) is 1. The van der Waals surface area contributed by atoms with Crippen LogP contribution in [0, 0.1) is 20.8 Å². The lowest BCUT2D eigenvalue weighted by Gasteiger charge is -2.31. The first-order valence-corrected chi connectivity index (χ1v) is 14.2. The number of hydrogen-bond acceptors (Lipinski definition) is 6. The van der Waals surface area contributed by atoms with E-state index >= 15 is 0 Å². The Labute approximate surface area is 221 Å². The average molecular weight is 531 g/mol. The Morgan fingerprint density at radius 1 is 0.973 bits per heavy atom. The van der Waals surface area contributed by atoms with Crippen LogP contribution in [0.15, 0.2) is 83.0 Å². The number of benzene rings is 3. The summed E-state index contributed by atoms with van der Waals surface area (Å²) in [5.74, 6) is -0.0874. The van der Waals surface area contributed by atoms with Gasteiger partial charge in [0.25, 0.3) is 10.0 Å². The van der Waals surface area contributed by atoms with E-state index in [2.05, 4.69) is 15.3 Å². The van der Waals surface area contributed by atoms with Gasteiger partial charge in [0, 0.05) is 11.3 Å². The third-order valence-electron chi connectivity index (χ3n) is 6.16. The highest BCUT2D eigenvalue weighted by Gasteiger charge is 2.36. The van der Waals surface area contributed by atoms with Crippen molar-refractivity contribution in [1.29, 1.82) is 0 Å². The van der Waals surface area contributed by atoms with Gasteiger partial charge in [0.2, 0.25) is 5.91 Å². The maximum absolute atomic E-state index is 13.6. The van der Waals surface area contributed by atoms with Crippen molar-refractivity contribution < 1.29 is 13.2 Å². The molecule has 0 fully saturated rings. The number of nitrogens with one attached hydrogen (secondary N) is 1. The number of aryl methyl sites for hydroxylation is 3. The molecule has 0 spiro atoms. The summed E-state index contributed by atoms with van der Waals surface area (Å²) >= 11 is 1.17. The highest BCUT2D eigenvalue weighted by atomic mass is 32.2. The second-order valence-corrected chi connectivity index (χ2v) is 11.8. The van der Waals surface area contributed by atoms with E-state index in [9.17, 15) is 13.2 Å². The van der Waals surface area contributed by atoms with Crippen LogP contribution in [0.25, 0.3) is 11.3 Å². The number of fused-ring (bicyclic) bond motifs is 3. The number of amides is 1. The average Bonchev–Trinajstić information content (AvgIpc) is 2.88. The molecule has 4 aromatic rings. The molecule has 3 aromatic carbocycles. The zero-order valence-electron chi connectivity index (χ0n) is 20.7. The van der Waals surface area contributed by atoms with Crippen molar-refractivity contribution in [3.05, 3.63) is 95.2 Å². The van der Waals surface area contributed by atoms with E-state index in [1.54, 1.807) is 6.07 Å². The highest BCUT2D eigenvalue weighted by Crippen LogP contribution is 2.42. The molecule has 5 rings (SSSR count). The zero-order valence-corrected chi connectivity index (χ0v) is 22.4. The first-order chi connectivity index (χ1) is 17.7. The maximum atomic E-state index is 13.6. The van der Waals surface area contributed by atoms with Crippen molar-refractivity contribution in [2.75, 3.05) is 15.4 Å². The van der Waals surface area contributed by atoms with Crippen molar-refractivity contribution >= 4 is 39.1 Å². The largest absolute Gasteiger partial charge is 0.325 e. The number of nitrogens with zero attached hydrogens (tertiary/aromatic N) is 3. The molecule has 1 amide bonds. The fraction of sp³-hybridized carbons (Fsp3) is 0.179. The second kappa shape index (κ2) is 9.99. The molecular weight excluding hydrogens is 504 g/mol. The molecule has 1 N–H and O–H groups in total. The minimum atomic E-state index is -3.88. The molecular formula is C28H26N4O3S2. The van der Waals surface area contributed by atoms with E-state index in [1.165, 1.54) is 22.3 Å². The molecule has 1 aliphatic rings. The number of anilines is 2. The molecule has 37 heavy (non-hydrogen) atoms. The van der Waals surface area contributed by atoms with Gasteiger partial charge in [0.05, 0.1) is 29.9 Å². The Hall–Kier alpha value is -3.69. The van der Waals surface area contributed by atoms with Gasteiger partial charge in [-0.1, -0.05) is 77.5 Å². The van der Waals surface area contributed by atoms with Crippen LogP contribution >= 0.6 is 11.8 Å². The standard InChI is InChI=1S/C28H26N4O3S2/c1-18-8-11-21(12-9-18)16-32-24-7-5-4-6-22(24)27-25(37(32,34)35)15-29-28(31-27)36-17-26(33)30-23-13-10-19(2)14-20(23)3/h4-15H,16-17H2,1-3H3,(H,30,33). The number of thioether (sulfide) groups is 1. The van der Waals surface area contributed by atoms with Gasteiger partial charge in [-0.3, -0.25) is 9.10 Å². The van der Waals surface area contributed by atoms with Crippen LogP contribution in [0.3, 0.4) is 0 Å². The van der Waals surface area contributed by atoms with Gasteiger partial charge in [-0.05, 0) is 44.0 Å². The minimum absolute atomic E-state index is 0.0578. The predicted molar refractivity (Wildman–Crippen MR) is 147 cm³/mol. The molecule has 0 atom stereocenters. The fourth-order valence-electron chi connectivity index (χ4n) is 4.25. The Morgan fingerprint density at radius 3 is 2.46 bits per heavy atom. The third kappa shape index (κ3) is 5.10. The molecule has 188 valence electrons. The van der Waals surface area contributed by atoms with Crippen LogP contribution in [0.4, 0.5) is 11.4 Å². The van der Waals surface area contributed by atoms with E-state index in [1.807, 2.05) is 81.4 Å². The van der Waals surface area contributed by atoms with E-state index in [4.69, 9.17) is 0 Å². The summed E-state index contributed by atoms with van der Waals surface area (Å²) in [4.78, 5) is 21.5. The highest BCUT2D eigenvalue weighted by molar-refractivity contribution is 7.99. The smallest absolute Gasteiger partial charge is 0.268 e. The van der Waals surface area contributed by atoms with Gasteiger partial charge in [0.15, 0.2) is 5.16 Å². The van der Waals surface area contributed by atoms with Crippen molar-refractivity contribution in [1.82, 2.24) is 9.97 Å². The lowest BCUT2D eigenvalue weighted by Crippen LogP contribution is -2.34. The topological polar surface area (TPSA) is 92.3 Å². The lowest BCUT2D eigenvalue weighted by molar-refractivity contribution is -0.113. The predicted octanol–water partition coefficient (Wildman–Crippen LogP) is 5.51. The molecule has 0 saturated carbocycles. The molecule has 0 unspecified atom stereocenters. The second-order valence-electron chi connectivity index (χ2n) is 9.04. The normalized spacial score (nSPS) is 13.5. The summed E-state index contributed by atoms with van der Waals surface area (Å²) < 4.78 is 28.7. The number of para-hydroxylation sites is 1. The third-order valence-corrected chi connectivity index (χ3v) is 8.79. The summed E-state index contributed by atoms with van der Waals surface area (Å²) in [5, 5.41) is 3.25. The molecule has 0 aliphatic carbocycles. The fourth-order valence-corrected chi connectivity index (χ4v) is 6.42. The molecule has 0 radical (unpaired) electrons. The molecule has 1 aliphatic heterocycles. The molecule has 0 bridgehead atoms. The van der Waals surface area contributed by atoms with Crippen LogP contribution in [-0.4, -0.2) is 30.0 Å². The molecule has 7 nitrogen and oxygen atoms in total. The molecule has 2 heterocycles. The lowest BCUT2D eigenvalue weighted by atomic mass is 10.1. The van der Waals surface area contributed by atoms with Crippen molar-refractivity contribution in [3.63, 3.8) is 0 Å². The van der Waals surface area contributed by atoms with E-state index in [0.717, 1.165) is 27.9 Å². The number of aromatic nitrogens is 2. The van der Waals surface area contributed by atoms with Gasteiger partial charge >= 0.3 is 0 Å². The van der Waals surface area contributed by atoms with Crippen LogP contribution in [-0.2, 0) is 21.4 Å². The summed E-state index contributed by atoms with van der Waals surface area (Å²) in [6.45, 7) is 6.14. The van der Waals surface area contributed by atoms with Gasteiger partial charge in [-0.15, -0.1) is 0 Å². The number of carbonyl (C=O) groups is 1. The van der Waals surface area contributed by atoms with Crippen molar-refractivity contribution in [2.24, 2.45) is 0 Å². The van der Waals surface area contributed by atoms with Crippen LogP contribution in [0.5, 0.6) is 0 Å². The zero-order chi connectivity index (χ0) is 26.2. The van der Waals surface area contributed by atoms with Gasteiger partial charge < -0.3 is 5.32 Å². The number of sulfonamides is 1. The van der Waals surface area contributed by atoms with Crippen molar-refractivity contribution in [3.8, 4) is 11.3 Å². The number of rotatable bonds is 6. The van der Waals surface area contributed by atoms with Gasteiger partial charge in [0.1, 0.15) is 4.90 Å². The van der Waals surface area contributed by atoms with Crippen LogP contribution in [0.2, 0.25) is 0 Å². The van der Waals surface area contributed by atoms with Crippen molar-refractivity contribution in [2.45, 2.75) is 37.4 Å². The van der Waals surface area contributed by atoms with Gasteiger partial charge in [-0.2, -0.15) is 0 Å². The molecule has 1 aromatic heterocycles. The minimum Gasteiger partial charge on any atom is -0.325 e. The summed E-state index contributed by atoms with van der Waals surface area (Å²) in [6.07, 6.45) is 1.35. The SMILES string of the molecule is Cc1ccc(CN2c3ccccc3-c3nc(SCC(=O)Nc4ccc(C)cc4C)ncc3S2(=O)=O)cc1. The summed E-state index contributed by atoms with van der Waals surface area (Å²) in [6, 6.07) is 21.0. The maximum Gasteiger partial charge on any atom is 0.268 e. The van der Waals surface area contributed by atoms with E-state index < -0.39 is 10.0 Å². The number of carbonyl (C=O) groups excluding carboxylic acids is 1. The molecule has 0 saturated heterocycles. The van der Waals surface area contributed by atoms with E-state index in [-0.39, 0.29) is 23.1 Å². The monoisotopic (exact) mass is 530 g/mol. The quantitative estimate of drug-likeness (QED) is 0.261. The Balaban J connectivity index is 1.40. The Morgan fingerprint density at radius 2 is 1.70 bits per heavy atom. The van der Waals surface area contributed by atoms with Crippen LogP contribution in [0.1, 0.15) is 22.3 Å². The molecule has 9 heteroatoms.